The highest BCUT2D eigenvalue weighted by atomic mass is 32.1. The van der Waals surface area contributed by atoms with E-state index in [9.17, 15) is 4.79 Å². The van der Waals surface area contributed by atoms with Crippen LogP contribution < -0.4 is 5.32 Å². The van der Waals surface area contributed by atoms with E-state index in [2.05, 4.69) is 19.9 Å². The lowest BCUT2D eigenvalue weighted by atomic mass is 10.2. The Morgan fingerprint density at radius 1 is 1.25 bits per heavy atom. The highest BCUT2D eigenvalue weighted by Crippen LogP contribution is 2.41. The molecular formula is C17H17N5OS. The summed E-state index contributed by atoms with van der Waals surface area (Å²) < 4.78 is 5.96. The van der Waals surface area contributed by atoms with E-state index in [4.69, 9.17) is 0 Å². The molecule has 1 saturated carbocycles. The minimum absolute atomic E-state index is 0.130. The number of nitrogens with one attached hydrogen (secondary N) is 1. The Bertz CT molecular complexity index is 892. The summed E-state index contributed by atoms with van der Waals surface area (Å²) in [7, 11) is 0. The zero-order valence-corrected chi connectivity index (χ0v) is 14.3. The third-order valence-electron chi connectivity index (χ3n) is 4.34. The first-order valence-corrected chi connectivity index (χ1v) is 8.65. The molecule has 0 atom stereocenters. The maximum absolute atomic E-state index is 12.4. The van der Waals surface area contributed by atoms with Gasteiger partial charge in [-0.3, -0.25) is 4.79 Å². The number of carbonyl (C=O) groups excluding carboxylic acids is 1. The first-order chi connectivity index (χ1) is 11.6. The van der Waals surface area contributed by atoms with Gasteiger partial charge in [-0.2, -0.15) is 0 Å². The molecule has 122 valence electrons. The number of hydrogen-bond acceptors (Lipinski definition) is 5. The molecule has 0 unspecified atom stereocenters. The van der Waals surface area contributed by atoms with Crippen LogP contribution in [0, 0.1) is 13.8 Å². The lowest BCUT2D eigenvalue weighted by Gasteiger charge is -2.08. The number of anilines is 1. The molecule has 2 heterocycles. The molecule has 1 amide bonds. The van der Waals surface area contributed by atoms with Gasteiger partial charge in [-0.1, -0.05) is 4.49 Å². The van der Waals surface area contributed by atoms with E-state index >= 15 is 0 Å². The molecule has 7 heteroatoms. The van der Waals surface area contributed by atoms with Gasteiger partial charge in [0.2, 0.25) is 0 Å². The molecule has 0 bridgehead atoms. The van der Waals surface area contributed by atoms with Crippen LogP contribution in [0.2, 0.25) is 0 Å². The summed E-state index contributed by atoms with van der Waals surface area (Å²) >= 11 is 1.16. The number of rotatable bonds is 4. The van der Waals surface area contributed by atoms with Crippen LogP contribution in [0.4, 0.5) is 5.69 Å². The van der Waals surface area contributed by atoms with Crippen molar-refractivity contribution in [3.05, 3.63) is 52.6 Å². The number of amides is 1. The van der Waals surface area contributed by atoms with Crippen molar-refractivity contribution in [1.82, 2.24) is 19.1 Å². The van der Waals surface area contributed by atoms with Crippen molar-refractivity contribution in [2.24, 2.45) is 0 Å². The van der Waals surface area contributed by atoms with Crippen LogP contribution in [-0.2, 0) is 0 Å². The number of imidazole rings is 1. The number of carbonyl (C=O) groups is 1. The third kappa shape index (κ3) is 2.71. The highest BCUT2D eigenvalue weighted by Gasteiger charge is 2.31. The van der Waals surface area contributed by atoms with E-state index in [0.717, 1.165) is 52.8 Å². The zero-order valence-electron chi connectivity index (χ0n) is 13.5. The maximum Gasteiger partial charge on any atom is 0.269 e. The monoisotopic (exact) mass is 339 g/mol. The smallest absolute Gasteiger partial charge is 0.269 e. The summed E-state index contributed by atoms with van der Waals surface area (Å²) in [6, 6.07) is 7.73. The second-order valence-electron chi connectivity index (χ2n) is 6.05. The average molecular weight is 339 g/mol. The van der Waals surface area contributed by atoms with Crippen LogP contribution in [0.25, 0.3) is 5.69 Å². The van der Waals surface area contributed by atoms with Crippen molar-refractivity contribution in [3.63, 3.8) is 0 Å². The molecule has 1 N–H and O–H groups in total. The fourth-order valence-corrected chi connectivity index (χ4v) is 3.28. The minimum atomic E-state index is -0.130. The molecule has 0 spiro atoms. The average Bonchev–Trinajstić information content (AvgIpc) is 3.22. The highest BCUT2D eigenvalue weighted by molar-refractivity contribution is 7.08. The Morgan fingerprint density at radius 3 is 2.62 bits per heavy atom. The largest absolute Gasteiger partial charge is 0.321 e. The van der Waals surface area contributed by atoms with Gasteiger partial charge in [0.25, 0.3) is 5.91 Å². The van der Waals surface area contributed by atoms with Gasteiger partial charge in [-0.25, -0.2) is 4.98 Å². The van der Waals surface area contributed by atoms with E-state index in [1.165, 1.54) is 0 Å². The standard InChI is InChI=1S/C17H17N5OS/c1-10-11(2)22(9-18-10)14-7-5-13(6-8-14)19-17(23)16-15(12-3-4-12)20-21-24-16/h5-9,12H,3-4H2,1-2H3,(H,19,23). The quantitative estimate of drug-likeness (QED) is 0.790. The molecule has 1 fully saturated rings. The molecule has 0 aliphatic heterocycles. The summed E-state index contributed by atoms with van der Waals surface area (Å²) in [5.74, 6) is 0.286. The number of aromatic nitrogens is 4. The summed E-state index contributed by atoms with van der Waals surface area (Å²) in [5, 5.41) is 7.04. The fourth-order valence-electron chi connectivity index (χ4n) is 2.63. The van der Waals surface area contributed by atoms with Gasteiger partial charge in [0.05, 0.1) is 17.7 Å². The molecule has 0 radical (unpaired) electrons. The van der Waals surface area contributed by atoms with E-state index in [1.54, 1.807) is 0 Å². The van der Waals surface area contributed by atoms with Crippen LogP contribution in [0.1, 0.15) is 45.5 Å². The second kappa shape index (κ2) is 5.83. The molecule has 24 heavy (non-hydrogen) atoms. The topological polar surface area (TPSA) is 72.7 Å². The Balaban J connectivity index is 1.52. The van der Waals surface area contributed by atoms with Crippen LogP contribution in [0.3, 0.4) is 0 Å². The number of benzene rings is 1. The first-order valence-electron chi connectivity index (χ1n) is 7.88. The first kappa shape index (κ1) is 15.0. The van der Waals surface area contributed by atoms with E-state index in [-0.39, 0.29) is 5.91 Å². The maximum atomic E-state index is 12.4. The van der Waals surface area contributed by atoms with Gasteiger partial charge < -0.3 is 9.88 Å². The summed E-state index contributed by atoms with van der Waals surface area (Å²) in [6.07, 6.45) is 4.01. The lowest BCUT2D eigenvalue weighted by Crippen LogP contribution is -2.12. The van der Waals surface area contributed by atoms with E-state index < -0.39 is 0 Å². The Morgan fingerprint density at radius 2 is 2.00 bits per heavy atom. The molecular weight excluding hydrogens is 322 g/mol. The van der Waals surface area contributed by atoms with Crippen molar-refractivity contribution < 1.29 is 4.79 Å². The zero-order chi connectivity index (χ0) is 16.7. The summed E-state index contributed by atoms with van der Waals surface area (Å²) in [6.45, 7) is 4.02. The van der Waals surface area contributed by atoms with Gasteiger partial charge >= 0.3 is 0 Å². The Labute approximate surface area is 143 Å². The Hall–Kier alpha value is -2.54. The van der Waals surface area contributed by atoms with Crippen molar-refractivity contribution in [2.75, 3.05) is 5.32 Å². The van der Waals surface area contributed by atoms with Crippen molar-refractivity contribution in [3.8, 4) is 5.69 Å². The third-order valence-corrected chi connectivity index (χ3v) is 5.08. The molecule has 0 saturated heterocycles. The van der Waals surface area contributed by atoms with E-state index in [0.29, 0.717) is 10.8 Å². The Kier molecular flexibility index (Phi) is 3.65. The molecule has 6 nitrogen and oxygen atoms in total. The van der Waals surface area contributed by atoms with Gasteiger partial charge in [0, 0.05) is 23.0 Å². The lowest BCUT2D eigenvalue weighted by molar-refractivity contribution is 0.102. The fraction of sp³-hybridized carbons (Fsp3) is 0.294. The SMILES string of the molecule is Cc1ncn(-c2ccc(NC(=O)c3snnc3C3CC3)cc2)c1C. The van der Waals surface area contributed by atoms with Gasteiger partial charge in [-0.15, -0.1) is 5.10 Å². The van der Waals surface area contributed by atoms with Crippen molar-refractivity contribution >= 4 is 23.1 Å². The predicted molar refractivity (Wildman–Crippen MR) is 92.9 cm³/mol. The van der Waals surface area contributed by atoms with Crippen LogP contribution in [0.15, 0.2) is 30.6 Å². The normalized spacial score (nSPS) is 13.9. The summed E-state index contributed by atoms with van der Waals surface area (Å²) in [5.41, 5.74) is 4.74. The van der Waals surface area contributed by atoms with Crippen LogP contribution in [0.5, 0.6) is 0 Å². The van der Waals surface area contributed by atoms with Gasteiger partial charge in [-0.05, 0) is 62.5 Å². The number of aryl methyl sites for hydroxylation is 1. The molecule has 1 aromatic carbocycles. The molecule has 1 aliphatic carbocycles. The summed E-state index contributed by atoms with van der Waals surface area (Å²) in [4.78, 5) is 17.4. The number of hydrogen-bond donors (Lipinski definition) is 1. The molecule has 4 rings (SSSR count). The molecule has 2 aromatic heterocycles. The van der Waals surface area contributed by atoms with Crippen LogP contribution >= 0.6 is 11.5 Å². The molecule has 3 aromatic rings. The molecule has 1 aliphatic rings. The predicted octanol–water partition coefficient (Wildman–Crippen LogP) is 3.47. The van der Waals surface area contributed by atoms with Crippen molar-refractivity contribution in [1.29, 1.82) is 0 Å². The van der Waals surface area contributed by atoms with Crippen LogP contribution in [-0.4, -0.2) is 25.0 Å². The van der Waals surface area contributed by atoms with Gasteiger partial charge in [0.15, 0.2) is 0 Å². The van der Waals surface area contributed by atoms with Gasteiger partial charge in [0.1, 0.15) is 4.88 Å². The number of nitrogens with zero attached hydrogens (tertiary/aromatic N) is 4. The second-order valence-corrected chi connectivity index (χ2v) is 6.80. The van der Waals surface area contributed by atoms with Crippen molar-refractivity contribution in [2.45, 2.75) is 32.6 Å². The van der Waals surface area contributed by atoms with E-state index in [1.807, 2.05) is 49.0 Å². The minimum Gasteiger partial charge on any atom is -0.321 e.